The van der Waals surface area contributed by atoms with Crippen molar-refractivity contribution in [2.75, 3.05) is 60.6 Å². The summed E-state index contributed by atoms with van der Waals surface area (Å²) in [5.74, 6) is -5.46. The molecule has 6 aliphatic rings. The van der Waals surface area contributed by atoms with Gasteiger partial charge >= 0.3 is 47.8 Å². The number of phenols is 3. The number of methoxy groups -OCH3 is 3. The van der Waals surface area contributed by atoms with Crippen LogP contribution < -0.4 is 14.2 Å². The lowest BCUT2D eigenvalue weighted by molar-refractivity contribution is -0.166. The molecule has 28 heteroatoms. The molecule has 0 bridgehead atoms. The first-order valence-corrected chi connectivity index (χ1v) is 41.3. The number of ketones is 3. The minimum absolute atomic E-state index is 0. The molecule has 10 atom stereocenters. The van der Waals surface area contributed by atoms with E-state index in [1.54, 1.807) is 63.8 Å². The molecule has 3 saturated heterocycles. The molecule has 3 fully saturated rings. The summed E-state index contributed by atoms with van der Waals surface area (Å²) < 4.78 is 34.6. The molecule has 28 nitrogen and oxygen atoms in total. The van der Waals surface area contributed by atoms with Gasteiger partial charge in [-0.2, -0.15) is 0 Å². The molecule has 0 aliphatic carbocycles. The number of nitrogens with zero attached hydrogens (tertiary/aromatic N) is 3. The monoisotopic (exact) mass is 1790 g/mol. The molecular formula is C101H133N3O25. The molecule has 0 amide bonds. The molecule has 7 N–H and O–H groups in total. The van der Waals surface area contributed by atoms with Crippen LogP contribution in [-0.2, 0) is 71.8 Å². The van der Waals surface area contributed by atoms with Crippen LogP contribution in [0, 0.1) is 41.4 Å². The number of carbonyl (C=O) groups is 11. The molecule has 0 saturated carbocycles. The number of rotatable bonds is 25. The summed E-state index contributed by atoms with van der Waals surface area (Å²) in [6.45, 7) is 27.7. The first kappa shape index (κ1) is 111. The number of carbonyl (C=O) groups excluding carboxylic acids is 7. The molecule has 0 aromatic heterocycles. The number of phenolic OH excluding ortho intramolecular Hbond substituents is 3. The van der Waals surface area contributed by atoms with Crippen LogP contribution in [0.5, 0.6) is 34.5 Å². The summed E-state index contributed by atoms with van der Waals surface area (Å²) in [6.07, 6.45) is 2.32. The highest BCUT2D eigenvalue weighted by molar-refractivity contribution is 5.97. The third-order valence-electron chi connectivity index (χ3n) is 22.1. The Morgan fingerprint density at radius 2 is 0.574 bits per heavy atom. The quantitative estimate of drug-likeness (QED) is 0.0159. The molecule has 6 aliphatic heterocycles. The topological polar surface area (TPSA) is 404 Å². The molecular weight excluding hydrogens is 1660 g/mol. The minimum atomic E-state index is -2.21. The molecule has 7 aromatic carbocycles. The molecule has 0 spiro atoms. The standard InChI is InChI=1S/3C18H25NO3.2C18H14O8.C6H10.5CH4/c3*1-11(2)6-13-10-19-5-4-12-7-18(22-3)17(21)8-14(12)15(19)9-16(13)20;2*19-15(20)13(25-17(23)11-7-3-1-4-8-11)14(16(21)22)26-18(24)12-9-5-2-6-10-12;1-4-6(3)5-2;;;;;/h3*7-8,11,13,15,21H,4-6,9-10H2,1-3H3;2*1-10,13-14H,(H,19,20)(H,21,22);4-6H,1-2H2,3H3;5*1H4/t13-,15?;13-,15-;;13-,14-;;;;;;;/m11.0......./s1. The summed E-state index contributed by atoms with van der Waals surface area (Å²) in [4.78, 5) is 138. The maximum atomic E-state index is 12.5. The summed E-state index contributed by atoms with van der Waals surface area (Å²) in [5, 5.41) is 67.2. The second-order valence-electron chi connectivity index (χ2n) is 32.4. The van der Waals surface area contributed by atoms with Gasteiger partial charge in [-0.25, -0.2) is 38.4 Å². The van der Waals surface area contributed by atoms with E-state index < -0.39 is 72.2 Å². The first-order valence-electron chi connectivity index (χ1n) is 41.3. The van der Waals surface area contributed by atoms with E-state index in [0.29, 0.717) is 77.5 Å². The van der Waals surface area contributed by atoms with Gasteiger partial charge in [0.15, 0.2) is 34.5 Å². The Hall–Kier alpha value is -12.5. The van der Waals surface area contributed by atoms with E-state index >= 15 is 0 Å². The summed E-state index contributed by atoms with van der Waals surface area (Å²) in [6, 6.07) is 41.2. The van der Waals surface area contributed by atoms with Gasteiger partial charge < -0.3 is 68.9 Å². The lowest BCUT2D eigenvalue weighted by Crippen LogP contribution is -2.46. The van der Waals surface area contributed by atoms with Gasteiger partial charge in [-0.3, -0.25) is 29.1 Å². The van der Waals surface area contributed by atoms with Crippen LogP contribution in [0.2, 0.25) is 0 Å². The van der Waals surface area contributed by atoms with Crippen molar-refractivity contribution < 1.29 is 122 Å². The summed E-state index contributed by atoms with van der Waals surface area (Å²) in [7, 11) is 4.70. The Morgan fingerprint density at radius 3 is 0.744 bits per heavy atom. The Labute approximate surface area is 758 Å². The van der Waals surface area contributed by atoms with Crippen molar-refractivity contribution in [1.29, 1.82) is 0 Å². The Bertz CT molecular complexity index is 4350. The van der Waals surface area contributed by atoms with Crippen molar-refractivity contribution in [1.82, 2.24) is 14.7 Å². The number of aromatic hydroxyl groups is 3. The largest absolute Gasteiger partial charge is 0.504 e. The van der Waals surface area contributed by atoms with E-state index in [9.17, 15) is 88.5 Å². The van der Waals surface area contributed by atoms with Crippen molar-refractivity contribution in [2.24, 2.45) is 41.4 Å². The average Bonchev–Trinajstić information content (AvgIpc) is 0.775. The summed E-state index contributed by atoms with van der Waals surface area (Å²) in [5.41, 5.74) is 7.00. The fourth-order valence-electron chi connectivity index (χ4n) is 15.8. The molecule has 702 valence electrons. The van der Waals surface area contributed by atoms with Crippen LogP contribution in [-0.4, -0.2) is 201 Å². The maximum absolute atomic E-state index is 12.5. The van der Waals surface area contributed by atoms with Crippen LogP contribution in [0.25, 0.3) is 0 Å². The first-order chi connectivity index (χ1) is 59.1. The van der Waals surface area contributed by atoms with Crippen molar-refractivity contribution in [2.45, 2.75) is 186 Å². The number of aliphatic carboxylic acids is 4. The Morgan fingerprint density at radius 1 is 0.364 bits per heavy atom. The minimum Gasteiger partial charge on any atom is -0.504 e. The number of hydrogen-bond donors (Lipinski definition) is 7. The molecule has 6 heterocycles. The highest BCUT2D eigenvalue weighted by atomic mass is 16.6. The van der Waals surface area contributed by atoms with E-state index in [0.717, 1.165) is 94.5 Å². The van der Waals surface area contributed by atoms with Gasteiger partial charge in [-0.15, -0.1) is 13.2 Å². The molecule has 7 aromatic rings. The van der Waals surface area contributed by atoms with Gasteiger partial charge in [0.2, 0.25) is 24.4 Å². The zero-order valence-electron chi connectivity index (χ0n) is 71.6. The number of ether oxygens (including phenoxy) is 7. The van der Waals surface area contributed by atoms with E-state index in [1.165, 1.54) is 114 Å². The number of carboxylic acids is 4. The fraction of sp³-hybridized carbons (Fsp3) is 0.436. The van der Waals surface area contributed by atoms with Crippen molar-refractivity contribution in [3.63, 3.8) is 0 Å². The maximum Gasteiger partial charge on any atom is 0.349 e. The van der Waals surface area contributed by atoms with Crippen LogP contribution in [0.3, 0.4) is 0 Å². The smallest absolute Gasteiger partial charge is 0.349 e. The van der Waals surface area contributed by atoms with Crippen molar-refractivity contribution in [3.05, 3.63) is 239 Å². The Balaban J connectivity index is 0.000000405. The van der Waals surface area contributed by atoms with Crippen LogP contribution in [0.15, 0.2) is 183 Å². The zero-order valence-corrected chi connectivity index (χ0v) is 71.6. The van der Waals surface area contributed by atoms with E-state index in [4.69, 9.17) is 33.2 Å². The van der Waals surface area contributed by atoms with Crippen LogP contribution in [0.1, 0.15) is 217 Å². The number of Topliss-reactive ketones (excluding diaryl/α,β-unsaturated/α-hetero) is 3. The number of carboxylic acid groups (broad SMARTS) is 4. The van der Waals surface area contributed by atoms with E-state index in [-0.39, 0.29) is 113 Å². The average molecular weight is 1790 g/mol. The molecule has 0 radical (unpaired) electrons. The van der Waals surface area contributed by atoms with Crippen LogP contribution in [0.4, 0.5) is 0 Å². The normalized spacial score (nSPS) is 18.2. The van der Waals surface area contributed by atoms with Gasteiger partial charge in [-0.1, -0.05) is 171 Å². The third kappa shape index (κ3) is 30.6. The molecule has 5 unspecified atom stereocenters. The van der Waals surface area contributed by atoms with E-state index in [2.05, 4.69) is 69.4 Å². The third-order valence-corrected chi connectivity index (χ3v) is 22.1. The second-order valence-corrected chi connectivity index (χ2v) is 32.4. The van der Waals surface area contributed by atoms with Gasteiger partial charge in [-0.05, 0) is 181 Å². The SMILES string of the molecule is C.C.C.C.C.C=CC(C)C=C.COc1cc2c(cc1O)C1CC(=O)C(CC(C)C)CN1CC2.COc1cc2c(cc1O)C1CC(=O)[C@H](CC(C)C)CN1CC2.COc1cc2c(cc1O)[C@H]1CC(=O)[C@H](CC(C)C)CN1CC2.O=C(OC(C(=O)O)C(OC(=O)c1ccccc1)C(=O)O)c1ccccc1.O=C(O[C@H](C(=O)O)[C@H](OC(=O)c1ccccc1)C(=O)O)c1ccccc1. The number of allylic oxidation sites excluding steroid dienone is 2. The Kier molecular flexibility index (Phi) is 45.2. The van der Waals surface area contributed by atoms with Crippen molar-refractivity contribution in [3.8, 4) is 34.5 Å². The number of fused-ring (bicyclic) bond motifs is 9. The van der Waals surface area contributed by atoms with Gasteiger partial charge in [0.05, 0.1) is 43.6 Å². The number of benzene rings is 7. The fourth-order valence-corrected chi connectivity index (χ4v) is 15.8. The van der Waals surface area contributed by atoms with E-state index in [1.807, 2.05) is 37.3 Å². The lowest BCUT2D eigenvalue weighted by atomic mass is 9.80. The second kappa shape index (κ2) is 52.7. The summed E-state index contributed by atoms with van der Waals surface area (Å²) >= 11 is 0. The lowest BCUT2D eigenvalue weighted by Gasteiger charge is -2.43. The van der Waals surface area contributed by atoms with Gasteiger partial charge in [0.1, 0.15) is 17.3 Å². The highest BCUT2D eigenvalue weighted by Crippen LogP contribution is 2.46. The predicted octanol–water partition coefficient (Wildman–Crippen LogP) is 17.2. The number of hydrogen-bond acceptors (Lipinski definition) is 24. The van der Waals surface area contributed by atoms with Gasteiger partial charge in [0, 0.05) is 94.4 Å². The molecule has 129 heavy (non-hydrogen) atoms. The number of esters is 4. The van der Waals surface area contributed by atoms with Gasteiger partial charge in [0.25, 0.3) is 0 Å². The zero-order chi connectivity index (χ0) is 90.8. The number of piperidine rings is 3. The van der Waals surface area contributed by atoms with Crippen molar-refractivity contribution >= 4 is 65.1 Å². The van der Waals surface area contributed by atoms with Crippen LogP contribution >= 0.6 is 0 Å². The predicted molar refractivity (Wildman–Crippen MR) is 492 cm³/mol. The molecule has 13 rings (SSSR count). The highest BCUT2D eigenvalue weighted by Gasteiger charge is 2.45.